The summed E-state index contributed by atoms with van der Waals surface area (Å²) in [7, 11) is 0. The fourth-order valence-electron chi connectivity index (χ4n) is 0.895. The highest BCUT2D eigenvalue weighted by molar-refractivity contribution is 7.12. The molecule has 0 spiro atoms. The van der Waals surface area contributed by atoms with Crippen LogP contribution in [0.2, 0.25) is 0 Å². The summed E-state index contributed by atoms with van der Waals surface area (Å²) < 4.78 is 0. The third-order valence-corrected chi connectivity index (χ3v) is 2.45. The average molecular weight is 193 g/mol. The van der Waals surface area contributed by atoms with Crippen LogP contribution in [-0.4, -0.2) is 11.6 Å². The van der Waals surface area contributed by atoms with E-state index in [0.29, 0.717) is 4.88 Å². The fraction of sp³-hybridized carbons (Fsp3) is 0.222. The Morgan fingerprint density at radius 2 is 2.31 bits per heavy atom. The standard InChI is InChI=1S/C9H7NO2S/c1-6(11)7(5-10)9(12)8-3-2-4-13-8/h2-4,7H,1H3. The maximum absolute atomic E-state index is 11.4. The van der Waals surface area contributed by atoms with Crippen molar-refractivity contribution in [1.29, 1.82) is 5.26 Å². The molecule has 0 N–H and O–H groups in total. The smallest absolute Gasteiger partial charge is 0.197 e. The van der Waals surface area contributed by atoms with Gasteiger partial charge >= 0.3 is 0 Å². The summed E-state index contributed by atoms with van der Waals surface area (Å²) in [5.41, 5.74) is 0. The van der Waals surface area contributed by atoms with Crippen molar-refractivity contribution in [2.45, 2.75) is 6.92 Å². The van der Waals surface area contributed by atoms with E-state index in [9.17, 15) is 9.59 Å². The highest BCUT2D eigenvalue weighted by Gasteiger charge is 2.24. The van der Waals surface area contributed by atoms with Gasteiger partial charge in [-0.2, -0.15) is 5.26 Å². The molecule has 3 nitrogen and oxygen atoms in total. The highest BCUT2D eigenvalue weighted by atomic mass is 32.1. The van der Waals surface area contributed by atoms with Crippen LogP contribution in [0.25, 0.3) is 0 Å². The van der Waals surface area contributed by atoms with E-state index in [1.807, 2.05) is 0 Å². The van der Waals surface area contributed by atoms with E-state index in [-0.39, 0.29) is 0 Å². The van der Waals surface area contributed by atoms with Gasteiger partial charge in [0.15, 0.2) is 17.5 Å². The number of nitrogens with zero attached hydrogens (tertiary/aromatic N) is 1. The zero-order valence-corrected chi connectivity index (χ0v) is 7.80. The lowest BCUT2D eigenvalue weighted by atomic mass is 10.0. The number of hydrogen-bond acceptors (Lipinski definition) is 4. The van der Waals surface area contributed by atoms with Gasteiger partial charge in [0, 0.05) is 0 Å². The van der Waals surface area contributed by atoms with E-state index < -0.39 is 17.5 Å². The van der Waals surface area contributed by atoms with Gasteiger partial charge in [-0.15, -0.1) is 11.3 Å². The van der Waals surface area contributed by atoms with Gasteiger partial charge in [0.05, 0.1) is 10.9 Å². The zero-order chi connectivity index (χ0) is 9.84. The summed E-state index contributed by atoms with van der Waals surface area (Å²) >= 11 is 1.24. The number of carbonyl (C=O) groups excluding carboxylic acids is 2. The Kier molecular flexibility index (Phi) is 2.93. The van der Waals surface area contributed by atoms with Gasteiger partial charge in [-0.1, -0.05) is 6.07 Å². The van der Waals surface area contributed by atoms with E-state index >= 15 is 0 Å². The molecule has 4 heteroatoms. The molecule has 0 fully saturated rings. The number of thiophene rings is 1. The van der Waals surface area contributed by atoms with Crippen molar-refractivity contribution in [3.05, 3.63) is 22.4 Å². The molecular weight excluding hydrogens is 186 g/mol. The van der Waals surface area contributed by atoms with Crippen LogP contribution in [0.4, 0.5) is 0 Å². The molecule has 0 amide bonds. The molecule has 0 aromatic carbocycles. The highest BCUT2D eigenvalue weighted by Crippen LogP contribution is 2.14. The monoisotopic (exact) mass is 193 g/mol. The van der Waals surface area contributed by atoms with Gasteiger partial charge in [0.25, 0.3) is 0 Å². The zero-order valence-electron chi connectivity index (χ0n) is 6.98. The maximum atomic E-state index is 11.4. The maximum Gasteiger partial charge on any atom is 0.197 e. The molecular formula is C9H7NO2S. The first-order valence-electron chi connectivity index (χ1n) is 3.64. The normalized spacial score (nSPS) is 11.7. The second kappa shape index (κ2) is 3.97. The van der Waals surface area contributed by atoms with Crippen molar-refractivity contribution in [1.82, 2.24) is 0 Å². The van der Waals surface area contributed by atoms with Gasteiger partial charge < -0.3 is 0 Å². The third kappa shape index (κ3) is 2.01. The van der Waals surface area contributed by atoms with Crippen LogP contribution < -0.4 is 0 Å². The molecule has 13 heavy (non-hydrogen) atoms. The molecule has 66 valence electrons. The summed E-state index contributed by atoms with van der Waals surface area (Å²) in [4.78, 5) is 22.8. The van der Waals surface area contributed by atoms with E-state index in [2.05, 4.69) is 0 Å². The molecule has 0 saturated carbocycles. The largest absolute Gasteiger partial charge is 0.298 e. The number of hydrogen-bond donors (Lipinski definition) is 0. The van der Waals surface area contributed by atoms with Gasteiger partial charge in [-0.05, 0) is 18.4 Å². The minimum atomic E-state index is -1.14. The summed E-state index contributed by atoms with van der Waals surface area (Å²) in [6.07, 6.45) is 0. The van der Waals surface area contributed by atoms with Crippen LogP contribution in [0.15, 0.2) is 17.5 Å². The molecule has 0 aliphatic carbocycles. The van der Waals surface area contributed by atoms with Crippen molar-refractivity contribution in [3.8, 4) is 6.07 Å². The van der Waals surface area contributed by atoms with E-state index in [1.165, 1.54) is 18.3 Å². The van der Waals surface area contributed by atoms with Gasteiger partial charge in [-0.3, -0.25) is 9.59 Å². The quantitative estimate of drug-likeness (QED) is 0.541. The lowest BCUT2D eigenvalue weighted by Crippen LogP contribution is -2.19. The third-order valence-electron chi connectivity index (χ3n) is 1.56. The number of Topliss-reactive ketones (excluding diaryl/α,β-unsaturated/α-hetero) is 2. The van der Waals surface area contributed by atoms with Crippen LogP contribution in [0.5, 0.6) is 0 Å². The molecule has 0 bridgehead atoms. The van der Waals surface area contributed by atoms with Crippen molar-refractivity contribution >= 4 is 22.9 Å². The molecule has 1 atom stereocenters. The minimum Gasteiger partial charge on any atom is -0.298 e. The van der Waals surface area contributed by atoms with Gasteiger partial charge in [-0.25, -0.2) is 0 Å². The Morgan fingerprint density at radius 1 is 1.62 bits per heavy atom. The Balaban J connectivity index is 2.91. The molecule has 1 heterocycles. The number of carbonyl (C=O) groups is 2. The molecule has 1 rings (SSSR count). The first kappa shape index (κ1) is 9.62. The second-order valence-corrected chi connectivity index (χ2v) is 3.46. The lowest BCUT2D eigenvalue weighted by molar-refractivity contribution is -0.118. The van der Waals surface area contributed by atoms with Crippen LogP contribution in [0.3, 0.4) is 0 Å². The van der Waals surface area contributed by atoms with Crippen LogP contribution in [-0.2, 0) is 4.79 Å². The van der Waals surface area contributed by atoms with E-state index in [4.69, 9.17) is 5.26 Å². The Hall–Kier alpha value is -1.47. The van der Waals surface area contributed by atoms with Gasteiger partial charge in [0.2, 0.25) is 0 Å². The van der Waals surface area contributed by atoms with E-state index in [1.54, 1.807) is 23.6 Å². The molecule has 0 saturated heterocycles. The predicted molar refractivity (Wildman–Crippen MR) is 48.4 cm³/mol. The van der Waals surface area contributed by atoms with Gasteiger partial charge in [0.1, 0.15) is 0 Å². The predicted octanol–water partition coefficient (Wildman–Crippen LogP) is 1.66. The first-order valence-corrected chi connectivity index (χ1v) is 4.52. The van der Waals surface area contributed by atoms with Crippen molar-refractivity contribution in [2.75, 3.05) is 0 Å². The molecule has 0 radical (unpaired) electrons. The number of rotatable bonds is 3. The van der Waals surface area contributed by atoms with Crippen molar-refractivity contribution < 1.29 is 9.59 Å². The van der Waals surface area contributed by atoms with Crippen LogP contribution in [0, 0.1) is 17.2 Å². The minimum absolute atomic E-state index is 0.398. The second-order valence-electron chi connectivity index (χ2n) is 2.51. The summed E-state index contributed by atoms with van der Waals surface area (Å²) in [5.74, 6) is -1.94. The lowest BCUT2D eigenvalue weighted by Gasteiger charge is -2.00. The average Bonchev–Trinajstić information content (AvgIpc) is 2.56. The topological polar surface area (TPSA) is 57.9 Å². The van der Waals surface area contributed by atoms with Crippen molar-refractivity contribution in [2.24, 2.45) is 5.92 Å². The molecule has 1 aromatic rings. The molecule has 0 aliphatic heterocycles. The summed E-state index contributed by atoms with van der Waals surface area (Å²) in [5, 5.41) is 10.3. The van der Waals surface area contributed by atoms with Crippen LogP contribution >= 0.6 is 11.3 Å². The molecule has 1 unspecified atom stereocenters. The van der Waals surface area contributed by atoms with Crippen molar-refractivity contribution in [3.63, 3.8) is 0 Å². The summed E-state index contributed by atoms with van der Waals surface area (Å²) in [6, 6.07) is 5.02. The fourth-order valence-corrected chi connectivity index (χ4v) is 1.59. The number of ketones is 2. The van der Waals surface area contributed by atoms with E-state index in [0.717, 1.165) is 0 Å². The SMILES string of the molecule is CC(=O)C(C#N)C(=O)c1cccs1. The first-order chi connectivity index (χ1) is 6.16. The summed E-state index contributed by atoms with van der Waals surface area (Å²) in [6.45, 7) is 1.25. The molecule has 0 aliphatic rings. The Bertz CT molecular complexity index is 361. The molecule has 1 aromatic heterocycles. The Morgan fingerprint density at radius 3 is 2.69 bits per heavy atom. The van der Waals surface area contributed by atoms with Crippen LogP contribution in [0.1, 0.15) is 16.6 Å². The Labute approximate surface area is 79.6 Å². The number of nitriles is 1.